The Balaban J connectivity index is 1.43. The summed E-state index contributed by atoms with van der Waals surface area (Å²) < 4.78 is 53.2. The van der Waals surface area contributed by atoms with E-state index in [1.165, 1.54) is 36.4 Å². The van der Waals surface area contributed by atoms with Crippen LogP contribution in [0.4, 0.5) is 13.2 Å². The zero-order valence-electron chi connectivity index (χ0n) is 20.0. The van der Waals surface area contributed by atoms with Gasteiger partial charge in [0.25, 0.3) is 0 Å². The van der Waals surface area contributed by atoms with Gasteiger partial charge in [0.2, 0.25) is 0 Å². The maximum Gasteiger partial charge on any atom is 0.417 e. The number of rotatable bonds is 6. The molecule has 0 saturated heterocycles. The van der Waals surface area contributed by atoms with Gasteiger partial charge in [0.15, 0.2) is 0 Å². The normalized spacial score (nSPS) is 13.1. The van der Waals surface area contributed by atoms with E-state index >= 15 is 0 Å². The van der Waals surface area contributed by atoms with Crippen molar-refractivity contribution in [2.45, 2.75) is 31.5 Å². The molecule has 1 aliphatic rings. The molecule has 3 aromatic carbocycles. The van der Waals surface area contributed by atoms with E-state index < -0.39 is 17.7 Å². The molecule has 4 aromatic rings. The Bertz CT molecular complexity index is 1590. The van der Waals surface area contributed by atoms with Gasteiger partial charge in [0.05, 0.1) is 26.7 Å². The minimum Gasteiger partial charge on any atom is -0.489 e. The number of nitrogens with zero attached hydrogens (tertiary/aromatic N) is 1. The molecule has 1 fully saturated rings. The van der Waals surface area contributed by atoms with Crippen LogP contribution in [0.1, 0.15) is 57.1 Å². The summed E-state index contributed by atoms with van der Waals surface area (Å²) in [5.74, 6) is 4.81. The van der Waals surface area contributed by atoms with Gasteiger partial charge in [-0.1, -0.05) is 46.3 Å². The molecular weight excluding hydrogens is 554 g/mol. The third-order valence-corrected chi connectivity index (χ3v) is 6.75. The average Bonchev–Trinajstić information content (AvgIpc) is 3.66. The molecule has 0 spiro atoms. The zero-order valence-corrected chi connectivity index (χ0v) is 21.5. The number of ether oxygens (including phenoxy) is 1. The molecule has 5 rings (SSSR count). The maximum absolute atomic E-state index is 13.9. The second-order valence-corrected chi connectivity index (χ2v) is 9.69. The van der Waals surface area contributed by atoms with E-state index in [1.807, 2.05) is 0 Å². The van der Waals surface area contributed by atoms with Crippen molar-refractivity contribution in [1.29, 1.82) is 0 Å². The molecular formula is C29H18Cl2F3NO4. The van der Waals surface area contributed by atoms with Gasteiger partial charge in [-0.05, 0) is 67.4 Å². The van der Waals surface area contributed by atoms with Crippen molar-refractivity contribution in [2.24, 2.45) is 0 Å². The summed E-state index contributed by atoms with van der Waals surface area (Å²) in [6.07, 6.45) is -2.88. The molecule has 0 radical (unpaired) electrons. The summed E-state index contributed by atoms with van der Waals surface area (Å²) >= 11 is 12.7. The number of carboxylic acid groups (broad SMARTS) is 1. The summed E-state index contributed by atoms with van der Waals surface area (Å²) in [4.78, 5) is 11.0. The highest BCUT2D eigenvalue weighted by Gasteiger charge is 2.35. The first kappa shape index (κ1) is 26.7. The van der Waals surface area contributed by atoms with Gasteiger partial charge in [0.1, 0.15) is 23.8 Å². The van der Waals surface area contributed by atoms with Crippen molar-refractivity contribution in [1.82, 2.24) is 5.16 Å². The molecule has 0 aliphatic heterocycles. The highest BCUT2D eigenvalue weighted by atomic mass is 35.5. The van der Waals surface area contributed by atoms with Crippen molar-refractivity contribution in [3.05, 3.63) is 104 Å². The fraction of sp³-hybridized carbons (Fsp3) is 0.172. The summed E-state index contributed by atoms with van der Waals surface area (Å²) in [6.45, 7) is -0.107. The summed E-state index contributed by atoms with van der Waals surface area (Å²) in [5, 5.41) is 13.9. The van der Waals surface area contributed by atoms with Gasteiger partial charge in [-0.15, -0.1) is 0 Å². The minimum atomic E-state index is -4.69. The Morgan fingerprint density at radius 1 is 1.05 bits per heavy atom. The van der Waals surface area contributed by atoms with Crippen LogP contribution < -0.4 is 4.74 Å². The third kappa shape index (κ3) is 5.90. The van der Waals surface area contributed by atoms with Crippen LogP contribution in [0.3, 0.4) is 0 Å². The lowest BCUT2D eigenvalue weighted by Crippen LogP contribution is -2.09. The summed E-state index contributed by atoms with van der Waals surface area (Å²) in [5.41, 5.74) is 0.652. The van der Waals surface area contributed by atoms with E-state index in [1.54, 1.807) is 18.2 Å². The van der Waals surface area contributed by atoms with E-state index in [0.717, 1.165) is 18.9 Å². The quantitative estimate of drug-likeness (QED) is 0.236. The van der Waals surface area contributed by atoms with Crippen LogP contribution in [0, 0.1) is 11.8 Å². The van der Waals surface area contributed by atoms with Crippen molar-refractivity contribution >= 4 is 29.2 Å². The Kier molecular flexibility index (Phi) is 7.30. The van der Waals surface area contributed by atoms with Crippen molar-refractivity contribution in [3.63, 3.8) is 0 Å². The van der Waals surface area contributed by atoms with Crippen LogP contribution >= 0.6 is 23.2 Å². The Morgan fingerprint density at radius 3 is 2.36 bits per heavy atom. The smallest absolute Gasteiger partial charge is 0.417 e. The van der Waals surface area contributed by atoms with Gasteiger partial charge in [0, 0.05) is 22.6 Å². The number of halogens is 5. The van der Waals surface area contributed by atoms with Crippen molar-refractivity contribution in [3.8, 4) is 28.8 Å². The third-order valence-electron chi connectivity index (χ3n) is 6.12. The number of aromatic nitrogens is 1. The van der Waals surface area contributed by atoms with Gasteiger partial charge >= 0.3 is 12.1 Å². The molecule has 1 N–H and O–H groups in total. The molecule has 10 heteroatoms. The lowest BCUT2D eigenvalue weighted by Gasteiger charge is -2.13. The second-order valence-electron chi connectivity index (χ2n) is 8.87. The molecule has 39 heavy (non-hydrogen) atoms. The standard InChI is InChI=1S/C29H18Cl2F3NO4/c30-23-2-1-3-24(31)25(23)26-21(27(39-35-26)18-10-11-18)15-38-20-13-12-17(22(14-20)29(32,33)34)7-4-16-5-8-19(9-6-16)28(36)37/h1-3,5-6,8-9,12-14,18H,10-11,15H2,(H,36,37). The first-order chi connectivity index (χ1) is 18.6. The van der Waals surface area contributed by atoms with Crippen LogP contribution in [-0.2, 0) is 12.8 Å². The predicted octanol–water partition coefficient (Wildman–Crippen LogP) is 8.22. The number of alkyl halides is 3. The number of hydrogen-bond acceptors (Lipinski definition) is 4. The molecule has 198 valence electrons. The molecule has 0 atom stereocenters. The highest BCUT2D eigenvalue weighted by Crippen LogP contribution is 2.46. The lowest BCUT2D eigenvalue weighted by molar-refractivity contribution is -0.137. The Labute approximate surface area is 231 Å². The van der Waals surface area contributed by atoms with Crippen molar-refractivity contribution < 1.29 is 32.3 Å². The zero-order chi connectivity index (χ0) is 27.7. The van der Waals surface area contributed by atoms with Crippen molar-refractivity contribution in [2.75, 3.05) is 0 Å². The minimum absolute atomic E-state index is 0.0159. The van der Waals surface area contributed by atoms with E-state index in [0.29, 0.717) is 38.2 Å². The number of carboxylic acids is 1. The summed E-state index contributed by atoms with van der Waals surface area (Å²) in [6, 6.07) is 14.1. The van der Waals surface area contributed by atoms with Gasteiger partial charge < -0.3 is 14.4 Å². The van der Waals surface area contributed by atoms with Gasteiger partial charge in [-0.3, -0.25) is 0 Å². The van der Waals surface area contributed by atoms with Crippen LogP contribution in [0.15, 0.2) is 65.2 Å². The molecule has 5 nitrogen and oxygen atoms in total. The fourth-order valence-electron chi connectivity index (χ4n) is 4.00. The number of benzene rings is 3. The average molecular weight is 572 g/mol. The maximum atomic E-state index is 13.9. The lowest BCUT2D eigenvalue weighted by atomic mass is 10.0. The molecule has 1 heterocycles. The molecule has 0 unspecified atom stereocenters. The van der Waals surface area contributed by atoms with Gasteiger partial charge in [-0.2, -0.15) is 13.2 Å². The molecule has 0 bridgehead atoms. The Hall–Kier alpha value is -3.93. The number of aromatic carboxylic acids is 1. The van der Waals surface area contributed by atoms with E-state index in [9.17, 15) is 18.0 Å². The SMILES string of the molecule is O=C(O)c1ccc(C#Cc2ccc(OCc3c(-c4c(Cl)cccc4Cl)noc3C3CC3)cc2C(F)(F)F)cc1. The first-order valence-corrected chi connectivity index (χ1v) is 12.5. The highest BCUT2D eigenvalue weighted by molar-refractivity contribution is 6.39. The Morgan fingerprint density at radius 2 is 1.74 bits per heavy atom. The molecule has 1 aromatic heterocycles. The van der Waals surface area contributed by atoms with E-state index in [4.69, 9.17) is 37.6 Å². The molecule has 0 amide bonds. The van der Waals surface area contributed by atoms with Gasteiger partial charge in [-0.25, -0.2) is 4.79 Å². The predicted molar refractivity (Wildman–Crippen MR) is 139 cm³/mol. The van der Waals surface area contributed by atoms with Crippen LogP contribution in [0.25, 0.3) is 11.3 Å². The van der Waals surface area contributed by atoms with Crippen LogP contribution in [0.5, 0.6) is 5.75 Å². The molecule has 1 saturated carbocycles. The largest absolute Gasteiger partial charge is 0.489 e. The second kappa shape index (κ2) is 10.7. The van der Waals surface area contributed by atoms with Crippen LogP contribution in [0.2, 0.25) is 10.0 Å². The monoisotopic (exact) mass is 571 g/mol. The molecule has 1 aliphatic carbocycles. The summed E-state index contributed by atoms with van der Waals surface area (Å²) in [7, 11) is 0. The fourth-order valence-corrected chi connectivity index (χ4v) is 4.57. The number of carbonyl (C=O) groups is 1. The first-order valence-electron chi connectivity index (χ1n) is 11.7. The topological polar surface area (TPSA) is 72.6 Å². The number of hydrogen-bond donors (Lipinski definition) is 1. The van der Waals surface area contributed by atoms with Crippen LogP contribution in [-0.4, -0.2) is 16.2 Å². The van der Waals surface area contributed by atoms with E-state index in [2.05, 4.69) is 17.0 Å². The van der Waals surface area contributed by atoms with E-state index in [-0.39, 0.29) is 29.4 Å².